The number of aromatic nitrogens is 4. The molecule has 26 heavy (non-hydrogen) atoms. The molecule has 1 aliphatic rings. The summed E-state index contributed by atoms with van der Waals surface area (Å²) < 4.78 is 9.57. The van der Waals surface area contributed by atoms with Crippen molar-refractivity contribution in [1.29, 1.82) is 0 Å². The maximum Gasteiger partial charge on any atom is 0.181 e. The van der Waals surface area contributed by atoms with Gasteiger partial charge in [0.15, 0.2) is 11.6 Å². The zero-order chi connectivity index (χ0) is 18.1. The van der Waals surface area contributed by atoms with Crippen LogP contribution < -0.4 is 4.74 Å². The van der Waals surface area contributed by atoms with Crippen molar-refractivity contribution in [3.63, 3.8) is 0 Å². The number of methoxy groups -OCH3 is 1. The first kappa shape index (κ1) is 16.8. The van der Waals surface area contributed by atoms with Crippen molar-refractivity contribution in [1.82, 2.24) is 24.0 Å². The number of rotatable bonds is 5. The van der Waals surface area contributed by atoms with E-state index in [0.29, 0.717) is 0 Å². The minimum Gasteiger partial charge on any atom is -0.497 e. The quantitative estimate of drug-likeness (QED) is 0.709. The maximum atomic E-state index is 5.26. The van der Waals surface area contributed by atoms with E-state index in [1.807, 2.05) is 42.9 Å². The van der Waals surface area contributed by atoms with Crippen molar-refractivity contribution in [3.8, 4) is 23.1 Å². The highest BCUT2D eigenvalue weighted by Crippen LogP contribution is 2.32. The average Bonchev–Trinajstić information content (AvgIpc) is 3.35. The molecule has 136 valence electrons. The molecule has 0 bridgehead atoms. The van der Waals surface area contributed by atoms with Gasteiger partial charge >= 0.3 is 0 Å². The summed E-state index contributed by atoms with van der Waals surface area (Å²) in [6.45, 7) is 5.57. The van der Waals surface area contributed by atoms with Gasteiger partial charge in [0.2, 0.25) is 0 Å². The minimum atomic E-state index is 0.266. The first-order valence-corrected chi connectivity index (χ1v) is 8.96. The van der Waals surface area contributed by atoms with Crippen LogP contribution in [0.4, 0.5) is 0 Å². The van der Waals surface area contributed by atoms with Gasteiger partial charge in [0.25, 0.3) is 0 Å². The zero-order valence-electron chi connectivity index (χ0n) is 15.6. The molecule has 4 rings (SSSR count). The Morgan fingerprint density at radius 2 is 1.81 bits per heavy atom. The molecule has 1 saturated heterocycles. The summed E-state index contributed by atoms with van der Waals surface area (Å²) in [5.41, 5.74) is 1.31. The van der Waals surface area contributed by atoms with E-state index in [0.717, 1.165) is 42.7 Å². The fourth-order valence-corrected chi connectivity index (χ4v) is 3.87. The molecule has 2 aromatic heterocycles. The van der Waals surface area contributed by atoms with E-state index in [-0.39, 0.29) is 5.41 Å². The fraction of sp³-hybridized carbons (Fsp3) is 0.400. The van der Waals surface area contributed by atoms with Crippen molar-refractivity contribution in [2.75, 3.05) is 27.2 Å². The van der Waals surface area contributed by atoms with Crippen LogP contribution in [0.5, 0.6) is 5.75 Å². The molecule has 0 amide bonds. The van der Waals surface area contributed by atoms with Crippen LogP contribution in [-0.4, -0.2) is 51.2 Å². The lowest BCUT2D eigenvalue weighted by atomic mass is 9.90. The second-order valence-electron chi connectivity index (χ2n) is 7.50. The summed E-state index contributed by atoms with van der Waals surface area (Å²) in [6, 6.07) is 7.98. The normalized spacial score (nSPS) is 20.6. The first-order chi connectivity index (χ1) is 12.6. The maximum absolute atomic E-state index is 5.26. The Morgan fingerprint density at radius 3 is 2.50 bits per heavy atom. The number of ether oxygens (including phenoxy) is 1. The molecular weight excluding hydrogens is 326 g/mol. The summed E-state index contributed by atoms with van der Waals surface area (Å²) in [7, 11) is 3.87. The van der Waals surface area contributed by atoms with E-state index < -0.39 is 0 Å². The van der Waals surface area contributed by atoms with Crippen molar-refractivity contribution in [2.45, 2.75) is 19.9 Å². The highest BCUT2D eigenvalue weighted by molar-refractivity contribution is 5.51. The third-order valence-corrected chi connectivity index (χ3v) is 5.21. The van der Waals surface area contributed by atoms with E-state index >= 15 is 0 Å². The van der Waals surface area contributed by atoms with Gasteiger partial charge < -0.3 is 14.2 Å². The number of nitrogens with zero attached hydrogens (tertiary/aromatic N) is 5. The van der Waals surface area contributed by atoms with E-state index in [9.17, 15) is 0 Å². The molecule has 0 saturated carbocycles. The summed E-state index contributed by atoms with van der Waals surface area (Å²) in [4.78, 5) is 11.6. The molecule has 1 fully saturated rings. The summed E-state index contributed by atoms with van der Waals surface area (Å²) in [5, 5.41) is 0. The molecule has 0 aliphatic carbocycles. The molecule has 0 unspecified atom stereocenters. The number of imidazole rings is 2. The average molecular weight is 351 g/mol. The van der Waals surface area contributed by atoms with E-state index in [1.165, 1.54) is 6.42 Å². The Kier molecular flexibility index (Phi) is 4.28. The van der Waals surface area contributed by atoms with Gasteiger partial charge in [-0.05, 0) is 49.7 Å². The number of hydrogen-bond donors (Lipinski definition) is 0. The lowest BCUT2D eigenvalue weighted by Crippen LogP contribution is -2.27. The molecule has 0 spiro atoms. The molecule has 6 heteroatoms. The topological polar surface area (TPSA) is 48.1 Å². The SMILES string of the molecule is COc1ccc(-n2ccnc2-c2nccn2C[C@@]2(C)CCN(C)C2)cc1. The summed E-state index contributed by atoms with van der Waals surface area (Å²) >= 11 is 0. The monoisotopic (exact) mass is 351 g/mol. The fourth-order valence-electron chi connectivity index (χ4n) is 3.87. The van der Waals surface area contributed by atoms with Crippen LogP contribution in [-0.2, 0) is 6.54 Å². The van der Waals surface area contributed by atoms with Crippen LogP contribution in [0.3, 0.4) is 0 Å². The third-order valence-electron chi connectivity index (χ3n) is 5.21. The highest BCUT2D eigenvalue weighted by Gasteiger charge is 2.33. The molecule has 0 radical (unpaired) electrons. The van der Waals surface area contributed by atoms with Crippen LogP contribution in [0.15, 0.2) is 49.1 Å². The summed E-state index contributed by atoms with van der Waals surface area (Å²) in [5.74, 6) is 2.60. The second kappa shape index (κ2) is 6.61. The van der Waals surface area contributed by atoms with Crippen molar-refractivity contribution in [2.24, 2.45) is 5.41 Å². The predicted molar refractivity (Wildman–Crippen MR) is 102 cm³/mol. The Hall–Kier alpha value is -2.60. The van der Waals surface area contributed by atoms with Crippen LogP contribution in [0.2, 0.25) is 0 Å². The van der Waals surface area contributed by atoms with Gasteiger partial charge in [0, 0.05) is 43.6 Å². The first-order valence-electron chi connectivity index (χ1n) is 8.96. The Balaban J connectivity index is 1.65. The zero-order valence-corrected chi connectivity index (χ0v) is 15.6. The number of hydrogen-bond acceptors (Lipinski definition) is 4. The van der Waals surface area contributed by atoms with Crippen molar-refractivity contribution < 1.29 is 4.74 Å². The molecular formula is C20H25N5O. The molecule has 3 aromatic rings. The highest BCUT2D eigenvalue weighted by atomic mass is 16.5. The van der Waals surface area contributed by atoms with Gasteiger partial charge in [-0.15, -0.1) is 0 Å². The Bertz CT molecular complexity index is 882. The van der Waals surface area contributed by atoms with Crippen LogP contribution in [0, 0.1) is 5.41 Å². The molecule has 1 aromatic carbocycles. The van der Waals surface area contributed by atoms with Crippen LogP contribution >= 0.6 is 0 Å². The standard InChI is InChI=1S/C20H25N5O/c1-20(8-11-23(2)14-20)15-24-12-9-21-18(24)19-22-10-13-25(19)16-4-6-17(26-3)7-5-16/h4-7,9-10,12-13H,8,11,14-15H2,1-3H3/t20-/m0/s1. The predicted octanol–water partition coefficient (Wildman–Crippen LogP) is 3.09. The van der Waals surface area contributed by atoms with Crippen LogP contribution in [0.25, 0.3) is 17.3 Å². The summed E-state index contributed by atoms with van der Waals surface area (Å²) in [6.07, 6.45) is 8.93. The Labute approximate surface area is 154 Å². The smallest absolute Gasteiger partial charge is 0.181 e. The number of benzene rings is 1. The molecule has 1 aliphatic heterocycles. The molecule has 6 nitrogen and oxygen atoms in total. The van der Waals surface area contributed by atoms with Gasteiger partial charge in [0.1, 0.15) is 5.75 Å². The lowest BCUT2D eigenvalue weighted by Gasteiger charge is -2.25. The number of likely N-dealkylation sites (tertiary alicyclic amines) is 1. The van der Waals surface area contributed by atoms with Gasteiger partial charge in [-0.2, -0.15) is 0 Å². The largest absolute Gasteiger partial charge is 0.497 e. The van der Waals surface area contributed by atoms with E-state index in [1.54, 1.807) is 7.11 Å². The van der Waals surface area contributed by atoms with Crippen molar-refractivity contribution >= 4 is 0 Å². The third kappa shape index (κ3) is 3.12. The van der Waals surface area contributed by atoms with Crippen molar-refractivity contribution in [3.05, 3.63) is 49.1 Å². The van der Waals surface area contributed by atoms with Gasteiger partial charge in [-0.1, -0.05) is 6.92 Å². The minimum absolute atomic E-state index is 0.266. The second-order valence-corrected chi connectivity index (χ2v) is 7.50. The van der Waals surface area contributed by atoms with Gasteiger partial charge in [0.05, 0.1) is 7.11 Å². The molecule has 0 N–H and O–H groups in total. The molecule has 3 heterocycles. The van der Waals surface area contributed by atoms with Gasteiger partial charge in [-0.25, -0.2) is 9.97 Å². The van der Waals surface area contributed by atoms with E-state index in [2.05, 4.69) is 44.2 Å². The Morgan fingerprint density at radius 1 is 1.08 bits per heavy atom. The molecule has 1 atom stereocenters. The lowest BCUT2D eigenvalue weighted by molar-refractivity contribution is 0.270. The van der Waals surface area contributed by atoms with E-state index in [4.69, 9.17) is 4.74 Å². The van der Waals surface area contributed by atoms with Gasteiger partial charge in [-0.3, -0.25) is 4.57 Å². The van der Waals surface area contributed by atoms with Crippen LogP contribution in [0.1, 0.15) is 13.3 Å².